The zero-order chi connectivity index (χ0) is 20.4. The highest BCUT2D eigenvalue weighted by atomic mass is 19.2. The number of aromatic nitrogens is 2. The van der Waals surface area contributed by atoms with Crippen LogP contribution in [0.15, 0.2) is 35.4 Å². The second-order valence-electron chi connectivity index (χ2n) is 5.83. The number of hydrogen-bond acceptors (Lipinski definition) is 4. The molecule has 0 spiro atoms. The van der Waals surface area contributed by atoms with Crippen LogP contribution in [0.5, 0.6) is 0 Å². The molecule has 1 N–H and O–H groups in total. The van der Waals surface area contributed by atoms with E-state index in [1.54, 1.807) is 26.0 Å². The van der Waals surface area contributed by atoms with Gasteiger partial charge in [-0.25, -0.2) is 31.9 Å². The lowest BCUT2D eigenvalue weighted by atomic mass is 10.2. The van der Waals surface area contributed by atoms with E-state index in [0.29, 0.717) is 23.3 Å². The summed E-state index contributed by atoms with van der Waals surface area (Å²) in [5, 5.41) is 3.58. The summed E-state index contributed by atoms with van der Waals surface area (Å²) >= 11 is 0. The fourth-order valence-corrected chi connectivity index (χ4v) is 2.35. The van der Waals surface area contributed by atoms with Crippen molar-refractivity contribution in [3.63, 3.8) is 0 Å². The molecule has 144 valence electrons. The molecule has 4 nitrogen and oxygen atoms in total. The van der Waals surface area contributed by atoms with Crippen LogP contribution in [0.3, 0.4) is 0 Å². The topological polar surface area (TPSA) is 50.2 Å². The summed E-state index contributed by atoms with van der Waals surface area (Å²) < 4.78 is 67.0. The van der Waals surface area contributed by atoms with Crippen molar-refractivity contribution in [3.05, 3.63) is 76.2 Å². The number of benzene rings is 2. The molecular weight excluding hydrogens is 379 g/mol. The van der Waals surface area contributed by atoms with E-state index in [2.05, 4.69) is 20.5 Å². The quantitative estimate of drug-likeness (QED) is 0.226. The predicted octanol–water partition coefficient (Wildman–Crippen LogP) is 4.90. The Morgan fingerprint density at radius 1 is 0.821 bits per heavy atom. The van der Waals surface area contributed by atoms with Crippen molar-refractivity contribution in [1.29, 1.82) is 0 Å². The fraction of sp³-hybridized carbons (Fsp3) is 0.105. The molecule has 0 atom stereocenters. The summed E-state index contributed by atoms with van der Waals surface area (Å²) in [6.07, 6.45) is 0.509. The summed E-state index contributed by atoms with van der Waals surface area (Å²) in [6.45, 7) is 3.43. The van der Waals surface area contributed by atoms with Crippen molar-refractivity contribution in [2.24, 2.45) is 5.10 Å². The van der Waals surface area contributed by atoms with Crippen molar-refractivity contribution in [3.8, 4) is 11.4 Å². The summed E-state index contributed by atoms with van der Waals surface area (Å²) in [6, 6.07) is 9.04. The average molecular weight is 392 g/mol. The maximum atomic E-state index is 13.7. The van der Waals surface area contributed by atoms with Gasteiger partial charge in [0.15, 0.2) is 34.9 Å². The van der Waals surface area contributed by atoms with Crippen LogP contribution in [0, 0.1) is 42.9 Å². The first-order chi connectivity index (χ1) is 13.3. The third-order valence-electron chi connectivity index (χ3n) is 4.03. The zero-order valence-electron chi connectivity index (χ0n) is 14.7. The van der Waals surface area contributed by atoms with Gasteiger partial charge in [0.1, 0.15) is 0 Å². The van der Waals surface area contributed by atoms with Gasteiger partial charge in [0.2, 0.25) is 5.82 Å². The number of hydrazone groups is 1. The van der Waals surface area contributed by atoms with Crippen molar-refractivity contribution >= 4 is 12.0 Å². The molecule has 0 bridgehead atoms. The van der Waals surface area contributed by atoms with E-state index in [4.69, 9.17) is 0 Å². The van der Waals surface area contributed by atoms with E-state index in [1.165, 1.54) is 0 Å². The van der Waals surface area contributed by atoms with Crippen molar-refractivity contribution in [2.45, 2.75) is 13.8 Å². The fourth-order valence-electron chi connectivity index (χ4n) is 2.35. The number of halogens is 5. The highest BCUT2D eigenvalue weighted by Crippen LogP contribution is 2.23. The Bertz CT molecular complexity index is 1040. The lowest BCUT2D eigenvalue weighted by Gasteiger charge is -2.10. The standard InChI is InChI=1S/C19H13F5N4/c1-9-10(2)26-19(11-6-4-3-5-7-11)27-18(9)28-25-8-12-13(20)15(22)17(24)16(23)14(12)21/h3-8H,1-2H3,(H,26,27,28)/b25-8+. The maximum absolute atomic E-state index is 13.7. The van der Waals surface area contributed by atoms with Gasteiger partial charge in [-0.1, -0.05) is 30.3 Å². The molecular formula is C19H13F5N4. The van der Waals surface area contributed by atoms with Gasteiger partial charge in [-0.05, 0) is 13.8 Å². The molecule has 3 aromatic rings. The van der Waals surface area contributed by atoms with E-state index < -0.39 is 34.6 Å². The van der Waals surface area contributed by atoms with Gasteiger partial charge < -0.3 is 0 Å². The van der Waals surface area contributed by atoms with E-state index in [1.807, 2.05) is 18.2 Å². The Labute approximate surface area is 156 Å². The lowest BCUT2D eigenvalue weighted by Crippen LogP contribution is -2.08. The molecule has 0 fully saturated rings. The Morgan fingerprint density at radius 3 is 2.00 bits per heavy atom. The van der Waals surface area contributed by atoms with Crippen LogP contribution < -0.4 is 5.43 Å². The molecule has 0 radical (unpaired) electrons. The molecule has 0 aliphatic heterocycles. The van der Waals surface area contributed by atoms with Crippen LogP contribution in [0.25, 0.3) is 11.4 Å². The van der Waals surface area contributed by atoms with Crippen molar-refractivity contribution in [1.82, 2.24) is 9.97 Å². The smallest absolute Gasteiger partial charge is 0.200 e. The maximum Gasteiger partial charge on any atom is 0.200 e. The second kappa shape index (κ2) is 7.71. The molecule has 0 saturated carbocycles. The van der Waals surface area contributed by atoms with Gasteiger partial charge in [-0.15, -0.1) is 0 Å². The number of hydrogen-bond donors (Lipinski definition) is 1. The highest BCUT2D eigenvalue weighted by Gasteiger charge is 2.24. The number of nitrogens with one attached hydrogen (secondary N) is 1. The minimum absolute atomic E-state index is 0.228. The van der Waals surface area contributed by atoms with Crippen molar-refractivity contribution in [2.75, 3.05) is 5.43 Å². The third kappa shape index (κ3) is 3.55. The Kier molecular flexibility index (Phi) is 5.34. The molecule has 0 aliphatic rings. The highest BCUT2D eigenvalue weighted by molar-refractivity contribution is 5.81. The first-order valence-electron chi connectivity index (χ1n) is 8.02. The molecule has 0 unspecified atom stereocenters. The molecule has 28 heavy (non-hydrogen) atoms. The number of aryl methyl sites for hydroxylation is 1. The molecule has 1 aromatic heterocycles. The summed E-state index contributed by atoms with van der Waals surface area (Å²) in [5.41, 5.74) is 3.28. The van der Waals surface area contributed by atoms with E-state index in [0.717, 1.165) is 5.56 Å². The van der Waals surface area contributed by atoms with Gasteiger partial charge >= 0.3 is 0 Å². The zero-order valence-corrected chi connectivity index (χ0v) is 14.7. The van der Waals surface area contributed by atoms with Crippen LogP contribution in [0.1, 0.15) is 16.8 Å². The minimum Gasteiger partial charge on any atom is -0.261 e. The molecule has 1 heterocycles. The molecule has 3 rings (SSSR count). The van der Waals surface area contributed by atoms with Gasteiger partial charge in [-0.3, -0.25) is 5.43 Å². The number of rotatable bonds is 4. The summed E-state index contributed by atoms with van der Waals surface area (Å²) in [5.74, 6) is -9.63. The largest absolute Gasteiger partial charge is 0.261 e. The molecule has 0 amide bonds. The first-order valence-corrected chi connectivity index (χ1v) is 8.02. The normalized spacial score (nSPS) is 11.2. The van der Waals surface area contributed by atoms with Crippen LogP contribution in [-0.4, -0.2) is 16.2 Å². The minimum atomic E-state index is -2.23. The molecule has 0 saturated heterocycles. The van der Waals surface area contributed by atoms with Gasteiger partial charge in [0, 0.05) is 16.8 Å². The Hall–Kier alpha value is -3.36. The van der Waals surface area contributed by atoms with Gasteiger partial charge in [0.05, 0.1) is 11.8 Å². The van der Waals surface area contributed by atoms with E-state index in [-0.39, 0.29) is 5.82 Å². The van der Waals surface area contributed by atoms with Crippen LogP contribution in [0.2, 0.25) is 0 Å². The Morgan fingerprint density at radius 2 is 1.39 bits per heavy atom. The lowest BCUT2D eigenvalue weighted by molar-refractivity contribution is 0.377. The van der Waals surface area contributed by atoms with Gasteiger partial charge in [-0.2, -0.15) is 5.10 Å². The Balaban J connectivity index is 1.95. The van der Waals surface area contributed by atoms with Crippen LogP contribution >= 0.6 is 0 Å². The van der Waals surface area contributed by atoms with E-state index in [9.17, 15) is 22.0 Å². The molecule has 2 aromatic carbocycles. The monoisotopic (exact) mass is 392 g/mol. The second-order valence-corrected chi connectivity index (χ2v) is 5.83. The van der Waals surface area contributed by atoms with Crippen LogP contribution in [0.4, 0.5) is 27.8 Å². The molecule has 9 heteroatoms. The van der Waals surface area contributed by atoms with Crippen LogP contribution in [-0.2, 0) is 0 Å². The predicted molar refractivity (Wildman–Crippen MR) is 94.4 cm³/mol. The SMILES string of the molecule is Cc1nc(-c2ccccc2)nc(N/N=C/c2c(F)c(F)c(F)c(F)c2F)c1C. The van der Waals surface area contributed by atoms with E-state index >= 15 is 0 Å². The number of anilines is 1. The summed E-state index contributed by atoms with van der Waals surface area (Å²) in [4.78, 5) is 8.66. The average Bonchev–Trinajstić information content (AvgIpc) is 2.71. The van der Waals surface area contributed by atoms with Gasteiger partial charge in [0.25, 0.3) is 0 Å². The number of nitrogens with zero attached hydrogens (tertiary/aromatic N) is 3. The third-order valence-corrected chi connectivity index (χ3v) is 4.03. The molecule has 0 aliphatic carbocycles. The first kappa shape index (κ1) is 19.4. The summed E-state index contributed by atoms with van der Waals surface area (Å²) in [7, 11) is 0. The van der Waals surface area contributed by atoms with Crippen molar-refractivity contribution < 1.29 is 22.0 Å².